The molecule has 0 heterocycles. The predicted molar refractivity (Wildman–Crippen MR) is 25.3 cm³/mol. The average molecular weight is 69.9 g/mol. The molecule has 0 fully saturated rings. The van der Waals surface area contributed by atoms with Gasteiger partial charge in [-0.3, -0.25) is 0 Å². The quantitative estimate of drug-likeness (QED) is 0.459. The summed E-state index contributed by atoms with van der Waals surface area (Å²) in [6, 6.07) is 0. The maximum Gasteiger partial charge on any atom is 0.201 e. The lowest BCUT2D eigenvalue weighted by Crippen LogP contribution is -2.13. The van der Waals surface area contributed by atoms with Crippen molar-refractivity contribution < 1.29 is 0 Å². The molecule has 0 bridgehead atoms. The third kappa shape index (κ3) is 4.02. The maximum atomic E-state index is 2.99. The van der Waals surface area contributed by atoms with Crippen LogP contribution >= 0.6 is 0 Å². The summed E-state index contributed by atoms with van der Waals surface area (Å²) in [6.07, 6.45) is 0. The van der Waals surface area contributed by atoms with Gasteiger partial charge in [0.2, 0.25) is 7.41 Å². The van der Waals surface area contributed by atoms with E-state index in [2.05, 4.69) is 12.2 Å². The molecule has 0 aliphatic heterocycles. The molecule has 0 atom stereocenters. The number of hydrogen-bond acceptors (Lipinski definition) is 1. The van der Waals surface area contributed by atoms with Gasteiger partial charge in [-0.15, -0.1) is 0 Å². The first-order valence-electron chi connectivity index (χ1n) is 1.93. The summed E-state index contributed by atoms with van der Waals surface area (Å²) >= 11 is 0. The summed E-state index contributed by atoms with van der Waals surface area (Å²) in [5, 5.41) is 2.99. The molecular weight excluding hydrogens is 60.9 g/mol. The van der Waals surface area contributed by atoms with Crippen molar-refractivity contribution in [1.29, 1.82) is 0 Å². The summed E-state index contributed by atoms with van der Waals surface area (Å²) in [7, 11) is 1.93. The largest absolute Gasteiger partial charge is 0.361 e. The maximum absolute atomic E-state index is 2.99. The van der Waals surface area contributed by atoms with Crippen LogP contribution in [0.15, 0.2) is 0 Å². The van der Waals surface area contributed by atoms with Gasteiger partial charge >= 0.3 is 0 Å². The van der Waals surface area contributed by atoms with Crippen molar-refractivity contribution in [2.24, 2.45) is 0 Å². The summed E-state index contributed by atoms with van der Waals surface area (Å²) < 4.78 is 0. The molecule has 0 spiro atoms. The highest BCUT2D eigenvalue weighted by atomic mass is 14.7. The first-order valence-corrected chi connectivity index (χ1v) is 1.93. The Morgan fingerprint density at radius 3 is 2.40 bits per heavy atom. The molecule has 1 nitrogen and oxygen atoms in total. The van der Waals surface area contributed by atoms with E-state index in [1.807, 2.05) is 14.2 Å². The van der Waals surface area contributed by atoms with Crippen molar-refractivity contribution in [1.82, 2.24) is 5.23 Å². The van der Waals surface area contributed by atoms with E-state index >= 15 is 0 Å². The van der Waals surface area contributed by atoms with Gasteiger partial charge in [0.25, 0.3) is 0 Å². The molecule has 5 heavy (non-hydrogen) atoms. The predicted octanol–water partition coefficient (Wildman–Crippen LogP) is 0.263. The van der Waals surface area contributed by atoms with Crippen LogP contribution in [0.4, 0.5) is 0 Å². The van der Waals surface area contributed by atoms with E-state index in [-0.39, 0.29) is 0 Å². The topological polar surface area (TPSA) is 12.0 Å². The molecule has 0 aromatic carbocycles. The first-order chi connectivity index (χ1) is 2.41. The molecule has 0 amide bonds. The van der Waals surface area contributed by atoms with Crippen molar-refractivity contribution >= 4 is 7.41 Å². The molecule has 0 saturated carbocycles. The van der Waals surface area contributed by atoms with Crippen LogP contribution in [0, 0.1) is 0 Å². The Hall–Kier alpha value is 0.0249. The van der Waals surface area contributed by atoms with Crippen LogP contribution in [0.2, 0.25) is 6.82 Å². The summed E-state index contributed by atoms with van der Waals surface area (Å²) in [4.78, 5) is 0. The second-order valence-electron chi connectivity index (χ2n) is 0.846. The van der Waals surface area contributed by atoms with Crippen LogP contribution in [0.25, 0.3) is 0 Å². The van der Waals surface area contributed by atoms with Gasteiger partial charge in [0, 0.05) is 0 Å². The van der Waals surface area contributed by atoms with Gasteiger partial charge in [0.15, 0.2) is 0 Å². The fraction of sp³-hybridized carbons (Fsp3) is 1.00. The van der Waals surface area contributed by atoms with Crippen molar-refractivity contribution in [2.45, 2.75) is 13.7 Å². The molecule has 2 heteroatoms. The highest BCUT2D eigenvalue weighted by Crippen LogP contribution is 1.44. The van der Waals surface area contributed by atoms with Gasteiger partial charge in [-0.25, -0.2) is 0 Å². The molecule has 0 rings (SSSR count). The molecule has 0 aliphatic rings. The number of rotatable bonds is 2. The molecule has 0 unspecified atom stereocenters. The SMILES string of the molecule is C[B]NCC. The fourth-order valence-corrected chi connectivity index (χ4v) is 0.204. The van der Waals surface area contributed by atoms with Crippen molar-refractivity contribution in [3.63, 3.8) is 0 Å². The Kier molecular flexibility index (Phi) is 4.05. The van der Waals surface area contributed by atoms with Crippen LogP contribution in [0.3, 0.4) is 0 Å². The van der Waals surface area contributed by atoms with E-state index in [4.69, 9.17) is 0 Å². The van der Waals surface area contributed by atoms with Gasteiger partial charge in [-0.05, 0) is 6.54 Å². The Balaban J connectivity index is 2.19. The Morgan fingerprint density at radius 1 is 1.80 bits per heavy atom. The van der Waals surface area contributed by atoms with Gasteiger partial charge in [0.05, 0.1) is 0 Å². The zero-order valence-electron chi connectivity index (χ0n) is 3.78. The molecule has 0 aromatic heterocycles. The number of hydrogen-bond donors (Lipinski definition) is 1. The minimum atomic E-state index is 1.04. The van der Waals surface area contributed by atoms with Crippen molar-refractivity contribution in [3.05, 3.63) is 0 Å². The Bertz CT molecular complexity index is 14.4. The molecule has 0 aliphatic carbocycles. The molecule has 0 saturated heterocycles. The van der Waals surface area contributed by atoms with Gasteiger partial charge in [-0.2, -0.15) is 0 Å². The van der Waals surface area contributed by atoms with Gasteiger partial charge in [0.1, 0.15) is 0 Å². The van der Waals surface area contributed by atoms with E-state index in [1.54, 1.807) is 0 Å². The lowest BCUT2D eigenvalue weighted by atomic mass is 10.0. The smallest absolute Gasteiger partial charge is 0.201 e. The minimum absolute atomic E-state index is 1.04. The van der Waals surface area contributed by atoms with Gasteiger partial charge in [-0.1, -0.05) is 13.7 Å². The molecule has 1 N–H and O–H groups in total. The summed E-state index contributed by atoms with van der Waals surface area (Å²) in [5.41, 5.74) is 0. The van der Waals surface area contributed by atoms with E-state index in [1.165, 1.54) is 0 Å². The Morgan fingerprint density at radius 2 is 2.40 bits per heavy atom. The zero-order valence-corrected chi connectivity index (χ0v) is 3.78. The van der Waals surface area contributed by atoms with E-state index in [0.29, 0.717) is 0 Å². The second kappa shape index (κ2) is 4.02. The highest BCUT2D eigenvalue weighted by molar-refractivity contribution is 6.29. The lowest BCUT2D eigenvalue weighted by Gasteiger charge is -1.84. The zero-order chi connectivity index (χ0) is 4.12. The van der Waals surface area contributed by atoms with Crippen LogP contribution < -0.4 is 5.23 Å². The van der Waals surface area contributed by atoms with Crippen LogP contribution in [-0.4, -0.2) is 14.0 Å². The average Bonchev–Trinajstić information content (AvgIpc) is 1.41. The normalized spacial score (nSPS) is 7.60. The third-order valence-corrected chi connectivity index (χ3v) is 0.408. The van der Waals surface area contributed by atoms with Crippen LogP contribution in [0.1, 0.15) is 6.92 Å². The van der Waals surface area contributed by atoms with E-state index in [0.717, 1.165) is 6.54 Å². The van der Waals surface area contributed by atoms with Crippen molar-refractivity contribution in [2.75, 3.05) is 6.54 Å². The number of nitrogens with one attached hydrogen (secondary N) is 1. The molecule has 0 aromatic rings. The van der Waals surface area contributed by atoms with Crippen LogP contribution in [-0.2, 0) is 0 Å². The van der Waals surface area contributed by atoms with Crippen LogP contribution in [0.5, 0.6) is 0 Å². The second-order valence-corrected chi connectivity index (χ2v) is 0.846. The molecular formula is C3H9BN. The fourth-order valence-electron chi connectivity index (χ4n) is 0.204. The van der Waals surface area contributed by atoms with Crippen molar-refractivity contribution in [3.8, 4) is 0 Å². The van der Waals surface area contributed by atoms with E-state index in [9.17, 15) is 0 Å². The standard InChI is InChI=1S/C3H9BN/c1-3-5-4-2/h5H,3H2,1-2H3. The monoisotopic (exact) mass is 70.1 g/mol. The van der Waals surface area contributed by atoms with Gasteiger partial charge < -0.3 is 5.23 Å². The van der Waals surface area contributed by atoms with E-state index < -0.39 is 0 Å². The lowest BCUT2D eigenvalue weighted by molar-refractivity contribution is 1.01. The Labute approximate surface area is 34.0 Å². The third-order valence-electron chi connectivity index (χ3n) is 0.408. The minimum Gasteiger partial charge on any atom is -0.361 e. The summed E-state index contributed by atoms with van der Waals surface area (Å²) in [6.45, 7) is 5.08. The highest BCUT2D eigenvalue weighted by Gasteiger charge is 1.67. The molecule has 29 valence electrons. The molecule has 1 radical (unpaired) electrons. The summed E-state index contributed by atoms with van der Waals surface area (Å²) in [5.74, 6) is 0. The first kappa shape index (κ1) is 5.02.